The summed E-state index contributed by atoms with van der Waals surface area (Å²) >= 11 is 0. The van der Waals surface area contributed by atoms with E-state index < -0.39 is 30.2 Å². The van der Waals surface area contributed by atoms with Gasteiger partial charge in [0.2, 0.25) is 5.91 Å². The first-order valence-corrected chi connectivity index (χ1v) is 8.12. The number of carboxylic acids is 1. The maximum Gasteiger partial charge on any atom is 0.326 e. The predicted octanol–water partition coefficient (Wildman–Crippen LogP) is 3.26. The number of carbonyl (C=O) groups is 2. The molecule has 1 aromatic rings. The largest absolute Gasteiger partial charge is 0.480 e. The van der Waals surface area contributed by atoms with Gasteiger partial charge in [-0.05, 0) is 43.1 Å². The van der Waals surface area contributed by atoms with Gasteiger partial charge in [0.1, 0.15) is 6.04 Å². The maximum atomic E-state index is 12.6. The molecule has 4 nitrogen and oxygen atoms in total. The van der Waals surface area contributed by atoms with Gasteiger partial charge in [0, 0.05) is 16.4 Å². The first-order chi connectivity index (χ1) is 12.0. The zero-order valence-electron chi connectivity index (χ0n) is 16.7. The van der Waals surface area contributed by atoms with Crippen molar-refractivity contribution in [2.45, 2.75) is 51.9 Å². The monoisotopic (exact) mass is 320 g/mol. The van der Waals surface area contributed by atoms with Crippen molar-refractivity contribution in [3.8, 4) is 0 Å². The SMILES string of the molecule is [2H]C(C)(C)C1CCC(C(=O)N[C@@H](C(=O)O)C([2H])([2H])c2ccccc2)CC1. The average Bonchev–Trinajstić information content (AvgIpc) is 2.59. The zero-order chi connectivity index (χ0) is 19.5. The van der Waals surface area contributed by atoms with E-state index in [0.717, 1.165) is 12.8 Å². The molecule has 0 unspecified atom stereocenters. The number of hydrogen-bond acceptors (Lipinski definition) is 2. The van der Waals surface area contributed by atoms with E-state index >= 15 is 0 Å². The molecule has 0 aromatic heterocycles. The molecule has 1 aliphatic rings. The van der Waals surface area contributed by atoms with E-state index in [1.807, 2.05) is 13.8 Å². The summed E-state index contributed by atoms with van der Waals surface area (Å²) in [6.45, 7) is 3.74. The van der Waals surface area contributed by atoms with Gasteiger partial charge < -0.3 is 10.4 Å². The van der Waals surface area contributed by atoms with E-state index in [9.17, 15) is 14.7 Å². The van der Waals surface area contributed by atoms with Crippen molar-refractivity contribution < 1.29 is 18.8 Å². The topological polar surface area (TPSA) is 66.4 Å². The highest BCUT2D eigenvalue weighted by molar-refractivity contribution is 5.85. The van der Waals surface area contributed by atoms with Crippen molar-refractivity contribution >= 4 is 11.9 Å². The van der Waals surface area contributed by atoms with Crippen LogP contribution in [0.5, 0.6) is 0 Å². The molecule has 1 aliphatic carbocycles. The van der Waals surface area contributed by atoms with Crippen molar-refractivity contribution in [1.29, 1.82) is 0 Å². The summed E-state index contributed by atoms with van der Waals surface area (Å²) in [7, 11) is 0. The Bertz CT molecular complexity index is 635. The van der Waals surface area contributed by atoms with Gasteiger partial charge in [-0.3, -0.25) is 4.79 Å². The third-order valence-corrected chi connectivity index (χ3v) is 4.53. The van der Waals surface area contributed by atoms with Gasteiger partial charge in [0.25, 0.3) is 0 Å². The highest BCUT2D eigenvalue weighted by atomic mass is 16.4. The molecule has 1 amide bonds. The fraction of sp³-hybridized carbons (Fsp3) is 0.579. The van der Waals surface area contributed by atoms with Crippen LogP contribution in [0.4, 0.5) is 0 Å². The van der Waals surface area contributed by atoms with Gasteiger partial charge in [-0.1, -0.05) is 44.2 Å². The molecule has 4 heteroatoms. The number of carboxylic acid groups (broad SMARTS) is 1. The van der Waals surface area contributed by atoms with Crippen LogP contribution in [0.2, 0.25) is 0 Å². The van der Waals surface area contributed by atoms with Crippen LogP contribution in [0.25, 0.3) is 0 Å². The van der Waals surface area contributed by atoms with Crippen LogP contribution >= 0.6 is 0 Å². The predicted molar refractivity (Wildman–Crippen MR) is 90.0 cm³/mol. The van der Waals surface area contributed by atoms with Crippen molar-refractivity contribution in [2.24, 2.45) is 17.7 Å². The van der Waals surface area contributed by atoms with Crippen LogP contribution in [0.1, 0.15) is 49.2 Å². The highest BCUT2D eigenvalue weighted by Crippen LogP contribution is 2.33. The van der Waals surface area contributed by atoms with Gasteiger partial charge >= 0.3 is 5.97 Å². The Morgan fingerprint density at radius 3 is 2.39 bits per heavy atom. The molecule has 0 aliphatic heterocycles. The molecule has 126 valence electrons. The van der Waals surface area contributed by atoms with Gasteiger partial charge in [0.15, 0.2) is 0 Å². The molecule has 2 rings (SSSR count). The van der Waals surface area contributed by atoms with E-state index in [0.29, 0.717) is 12.8 Å². The van der Waals surface area contributed by atoms with Crippen LogP contribution in [-0.2, 0) is 16.0 Å². The normalized spacial score (nSPS) is 25.6. The molecule has 1 aromatic carbocycles. The molecule has 0 bridgehead atoms. The highest BCUT2D eigenvalue weighted by Gasteiger charge is 2.30. The molecular weight excluding hydrogens is 290 g/mol. The standard InChI is InChI=1S/C19H27NO3/c1-13(2)15-8-10-16(11-9-15)18(21)20-17(19(22)23)12-14-6-4-3-5-7-14/h3-7,13,15-17H,8-12H2,1-2H3,(H,20,21)(H,22,23)/t15?,16?,17-/m1/s1/i12D2,13D. The number of nitrogens with one attached hydrogen (secondary N) is 1. The summed E-state index contributed by atoms with van der Waals surface area (Å²) in [4.78, 5) is 24.2. The van der Waals surface area contributed by atoms with Gasteiger partial charge in [-0.2, -0.15) is 0 Å². The molecule has 1 saturated carbocycles. The summed E-state index contributed by atoms with van der Waals surface area (Å²) in [5.74, 6) is -2.47. The van der Waals surface area contributed by atoms with E-state index in [4.69, 9.17) is 4.11 Å². The molecule has 1 atom stereocenters. The molecule has 1 fully saturated rings. The molecule has 0 heterocycles. The van der Waals surface area contributed by atoms with Crippen molar-refractivity contribution in [1.82, 2.24) is 5.32 Å². The van der Waals surface area contributed by atoms with Crippen LogP contribution < -0.4 is 5.32 Å². The van der Waals surface area contributed by atoms with E-state index in [1.165, 1.54) is 12.1 Å². The number of carbonyl (C=O) groups excluding carboxylic acids is 1. The molecular formula is C19H27NO3. The van der Waals surface area contributed by atoms with E-state index in [2.05, 4.69) is 5.32 Å². The van der Waals surface area contributed by atoms with Gasteiger partial charge in [-0.15, -0.1) is 0 Å². The lowest BCUT2D eigenvalue weighted by atomic mass is 9.76. The molecule has 0 radical (unpaired) electrons. The van der Waals surface area contributed by atoms with Crippen molar-refractivity contribution in [2.75, 3.05) is 0 Å². The minimum Gasteiger partial charge on any atom is -0.480 e. The van der Waals surface area contributed by atoms with Crippen LogP contribution in [0, 0.1) is 17.7 Å². The average molecular weight is 320 g/mol. The number of aliphatic carboxylic acids is 1. The Morgan fingerprint density at radius 2 is 1.87 bits per heavy atom. The Balaban J connectivity index is 2.07. The summed E-state index contributed by atoms with van der Waals surface area (Å²) in [6, 6.07) is 6.38. The fourth-order valence-electron chi connectivity index (χ4n) is 3.05. The lowest BCUT2D eigenvalue weighted by molar-refractivity contribution is -0.142. The second-order valence-corrected chi connectivity index (χ2v) is 6.42. The number of hydrogen-bond donors (Lipinski definition) is 2. The van der Waals surface area contributed by atoms with Crippen LogP contribution in [0.15, 0.2) is 30.3 Å². The Labute approximate surface area is 142 Å². The number of amides is 1. The molecule has 2 N–H and O–H groups in total. The lowest BCUT2D eigenvalue weighted by Gasteiger charge is -2.30. The molecule has 0 spiro atoms. The smallest absolute Gasteiger partial charge is 0.326 e. The zero-order valence-corrected chi connectivity index (χ0v) is 13.7. The van der Waals surface area contributed by atoms with Gasteiger partial charge in [0.05, 0.1) is 0 Å². The van der Waals surface area contributed by atoms with Crippen LogP contribution in [-0.4, -0.2) is 23.0 Å². The van der Waals surface area contributed by atoms with Gasteiger partial charge in [-0.25, -0.2) is 4.79 Å². The Kier molecular flexibility index (Phi) is 4.81. The fourth-order valence-corrected chi connectivity index (χ4v) is 3.05. The maximum absolute atomic E-state index is 12.6. The second kappa shape index (κ2) is 8.14. The lowest BCUT2D eigenvalue weighted by Crippen LogP contribution is -2.45. The third-order valence-electron chi connectivity index (χ3n) is 4.53. The number of benzene rings is 1. The summed E-state index contributed by atoms with van der Waals surface area (Å²) < 4.78 is 24.6. The first-order valence-electron chi connectivity index (χ1n) is 9.62. The minimum atomic E-state index is -2.22. The first kappa shape index (κ1) is 13.6. The third kappa shape index (κ3) is 5.08. The van der Waals surface area contributed by atoms with E-state index in [1.54, 1.807) is 18.2 Å². The summed E-state index contributed by atoms with van der Waals surface area (Å²) in [5, 5.41) is 11.9. The van der Waals surface area contributed by atoms with Crippen molar-refractivity contribution in [3.63, 3.8) is 0 Å². The summed E-state index contributed by atoms with van der Waals surface area (Å²) in [6.07, 6.45) is 0.470. The second-order valence-electron chi connectivity index (χ2n) is 6.42. The molecule has 0 saturated heterocycles. The van der Waals surface area contributed by atoms with Crippen LogP contribution in [0.3, 0.4) is 0 Å². The Hall–Kier alpha value is -1.84. The quantitative estimate of drug-likeness (QED) is 0.845. The minimum absolute atomic E-state index is 0.215. The summed E-state index contributed by atoms with van der Waals surface area (Å²) in [5.41, 5.74) is 0.215. The van der Waals surface area contributed by atoms with E-state index in [-0.39, 0.29) is 17.4 Å². The number of rotatable bonds is 6. The molecule has 23 heavy (non-hydrogen) atoms. The van der Waals surface area contributed by atoms with Crippen molar-refractivity contribution in [3.05, 3.63) is 35.9 Å². The Morgan fingerprint density at radius 1 is 1.26 bits per heavy atom.